The molecular weight excluding hydrogens is 306 g/mol. The van der Waals surface area contributed by atoms with E-state index >= 15 is 0 Å². The lowest BCUT2D eigenvalue weighted by Crippen LogP contribution is -2.19. The highest BCUT2D eigenvalue weighted by Gasteiger charge is 2.08. The summed E-state index contributed by atoms with van der Waals surface area (Å²) in [4.78, 5) is 12.0. The Bertz CT molecular complexity index is 692. The Kier molecular flexibility index (Phi) is 4.95. The number of amides is 2. The average molecular weight is 322 g/mol. The molecule has 0 aromatic heterocycles. The number of benzene rings is 2. The van der Waals surface area contributed by atoms with Crippen molar-refractivity contribution >= 4 is 34.7 Å². The van der Waals surface area contributed by atoms with Crippen LogP contribution in [0.25, 0.3) is 0 Å². The van der Waals surface area contributed by atoms with Crippen LogP contribution in [0.1, 0.15) is 0 Å². The number of nitrogens with one attached hydrogen (secondary N) is 2. The number of hydrogen-bond donors (Lipinski definition) is 3. The van der Waals surface area contributed by atoms with Gasteiger partial charge in [-0.25, -0.2) is 4.79 Å². The molecule has 0 unspecified atom stereocenters. The molecule has 2 aromatic rings. The van der Waals surface area contributed by atoms with Crippen LogP contribution in [-0.4, -0.2) is 20.3 Å². The van der Waals surface area contributed by atoms with Gasteiger partial charge in [-0.3, -0.25) is 0 Å². The first kappa shape index (κ1) is 15.8. The Morgan fingerprint density at radius 2 is 1.59 bits per heavy atom. The Morgan fingerprint density at radius 3 is 2.18 bits per heavy atom. The van der Waals surface area contributed by atoms with Crippen LogP contribution in [0.15, 0.2) is 36.4 Å². The van der Waals surface area contributed by atoms with E-state index in [1.165, 1.54) is 7.11 Å². The predicted octanol–water partition coefficient (Wildman–Crippen LogP) is 3.58. The van der Waals surface area contributed by atoms with Crippen molar-refractivity contribution in [1.82, 2.24) is 0 Å². The Morgan fingerprint density at radius 1 is 1.00 bits per heavy atom. The third-order valence-electron chi connectivity index (χ3n) is 2.90. The van der Waals surface area contributed by atoms with Crippen molar-refractivity contribution < 1.29 is 14.3 Å². The van der Waals surface area contributed by atoms with Crippen LogP contribution < -0.4 is 25.8 Å². The topological polar surface area (TPSA) is 85.6 Å². The molecule has 116 valence electrons. The highest BCUT2D eigenvalue weighted by molar-refractivity contribution is 6.33. The maximum atomic E-state index is 12.0. The quantitative estimate of drug-likeness (QED) is 0.751. The molecule has 0 saturated heterocycles. The summed E-state index contributed by atoms with van der Waals surface area (Å²) in [5.74, 6) is 1.11. The van der Waals surface area contributed by atoms with Crippen molar-refractivity contribution in [3.63, 3.8) is 0 Å². The first-order chi connectivity index (χ1) is 10.5. The van der Waals surface area contributed by atoms with E-state index in [0.29, 0.717) is 33.6 Å². The number of nitrogen functional groups attached to an aromatic ring is 1. The average Bonchev–Trinajstić information content (AvgIpc) is 2.50. The minimum atomic E-state index is -0.409. The van der Waals surface area contributed by atoms with Gasteiger partial charge in [-0.05, 0) is 30.3 Å². The predicted molar refractivity (Wildman–Crippen MR) is 88.1 cm³/mol. The van der Waals surface area contributed by atoms with Crippen LogP contribution >= 0.6 is 11.6 Å². The summed E-state index contributed by atoms with van der Waals surface area (Å²) in [6.45, 7) is 0. The number of halogens is 1. The van der Waals surface area contributed by atoms with Crippen molar-refractivity contribution in [3.05, 3.63) is 41.4 Å². The molecule has 6 nitrogen and oxygen atoms in total. The minimum absolute atomic E-state index is 0.379. The zero-order valence-electron chi connectivity index (χ0n) is 12.1. The van der Waals surface area contributed by atoms with E-state index in [9.17, 15) is 4.79 Å². The summed E-state index contributed by atoms with van der Waals surface area (Å²) in [5.41, 5.74) is 7.17. The maximum Gasteiger partial charge on any atom is 0.323 e. The normalized spacial score (nSPS) is 9.95. The van der Waals surface area contributed by atoms with E-state index < -0.39 is 6.03 Å². The van der Waals surface area contributed by atoms with Gasteiger partial charge in [0.25, 0.3) is 0 Å². The standard InChI is InChI=1S/C15H16ClN3O3/c1-21-13-6-4-10(8-14(13)22-2)19-15(20)18-9-3-5-12(17)11(16)7-9/h3-8H,17H2,1-2H3,(H2,18,19,20). The van der Waals surface area contributed by atoms with Crippen molar-refractivity contribution in [2.75, 3.05) is 30.6 Å². The second kappa shape index (κ2) is 6.91. The molecule has 2 amide bonds. The molecule has 0 fully saturated rings. The second-order valence-electron chi connectivity index (χ2n) is 4.39. The molecule has 2 rings (SSSR count). The smallest absolute Gasteiger partial charge is 0.323 e. The summed E-state index contributed by atoms with van der Waals surface area (Å²) in [7, 11) is 3.07. The van der Waals surface area contributed by atoms with Crippen molar-refractivity contribution in [3.8, 4) is 11.5 Å². The van der Waals surface area contributed by atoms with E-state index in [0.717, 1.165) is 0 Å². The molecule has 0 saturated carbocycles. The van der Waals surface area contributed by atoms with Gasteiger partial charge >= 0.3 is 6.03 Å². The zero-order valence-corrected chi connectivity index (χ0v) is 12.9. The lowest BCUT2D eigenvalue weighted by atomic mass is 10.2. The molecule has 0 bridgehead atoms. The number of hydrogen-bond acceptors (Lipinski definition) is 4. The highest BCUT2D eigenvalue weighted by atomic mass is 35.5. The van der Waals surface area contributed by atoms with E-state index in [1.807, 2.05) is 0 Å². The van der Waals surface area contributed by atoms with Crippen LogP contribution in [0.5, 0.6) is 11.5 Å². The van der Waals surface area contributed by atoms with E-state index in [-0.39, 0.29) is 0 Å². The fourth-order valence-corrected chi connectivity index (χ4v) is 1.99. The molecule has 0 heterocycles. The molecule has 22 heavy (non-hydrogen) atoms. The second-order valence-corrected chi connectivity index (χ2v) is 4.79. The molecule has 2 aromatic carbocycles. The molecular formula is C15H16ClN3O3. The third-order valence-corrected chi connectivity index (χ3v) is 3.23. The summed E-state index contributed by atoms with van der Waals surface area (Å²) >= 11 is 5.90. The summed E-state index contributed by atoms with van der Waals surface area (Å²) < 4.78 is 10.3. The molecule has 0 spiro atoms. The van der Waals surface area contributed by atoms with Crippen LogP contribution in [0.3, 0.4) is 0 Å². The number of methoxy groups -OCH3 is 2. The van der Waals surface area contributed by atoms with Crippen molar-refractivity contribution in [1.29, 1.82) is 0 Å². The van der Waals surface area contributed by atoms with Gasteiger partial charge in [0.1, 0.15) is 0 Å². The lowest BCUT2D eigenvalue weighted by Gasteiger charge is -2.11. The fraction of sp³-hybridized carbons (Fsp3) is 0.133. The SMILES string of the molecule is COc1ccc(NC(=O)Nc2ccc(N)c(Cl)c2)cc1OC. The van der Waals surface area contributed by atoms with Crippen molar-refractivity contribution in [2.24, 2.45) is 0 Å². The molecule has 0 aliphatic rings. The molecule has 0 aliphatic heterocycles. The Hall–Kier alpha value is -2.60. The van der Waals surface area contributed by atoms with Gasteiger partial charge in [-0.2, -0.15) is 0 Å². The molecule has 4 N–H and O–H groups in total. The van der Waals surface area contributed by atoms with Gasteiger partial charge in [0, 0.05) is 17.4 Å². The first-order valence-electron chi connectivity index (χ1n) is 6.38. The van der Waals surface area contributed by atoms with E-state index in [2.05, 4.69) is 10.6 Å². The van der Waals surface area contributed by atoms with Crippen LogP contribution in [0, 0.1) is 0 Å². The molecule has 7 heteroatoms. The number of urea groups is 1. The monoisotopic (exact) mass is 321 g/mol. The maximum absolute atomic E-state index is 12.0. The van der Waals surface area contributed by atoms with E-state index in [4.69, 9.17) is 26.8 Å². The van der Waals surface area contributed by atoms with Gasteiger partial charge in [0.15, 0.2) is 11.5 Å². The lowest BCUT2D eigenvalue weighted by molar-refractivity contribution is 0.262. The van der Waals surface area contributed by atoms with Crippen molar-refractivity contribution in [2.45, 2.75) is 0 Å². The molecule has 0 radical (unpaired) electrons. The first-order valence-corrected chi connectivity index (χ1v) is 6.76. The zero-order chi connectivity index (χ0) is 16.1. The Labute approximate surface area is 133 Å². The van der Waals surface area contributed by atoms with Gasteiger partial charge in [0.2, 0.25) is 0 Å². The van der Waals surface area contributed by atoms with Crippen LogP contribution in [0.4, 0.5) is 21.9 Å². The number of carbonyl (C=O) groups is 1. The third kappa shape index (κ3) is 3.73. The minimum Gasteiger partial charge on any atom is -0.493 e. The van der Waals surface area contributed by atoms with Crippen LogP contribution in [-0.2, 0) is 0 Å². The fourth-order valence-electron chi connectivity index (χ4n) is 1.81. The summed E-state index contributed by atoms with van der Waals surface area (Å²) in [5, 5.41) is 5.73. The van der Waals surface area contributed by atoms with Gasteiger partial charge in [0.05, 0.1) is 24.9 Å². The van der Waals surface area contributed by atoms with E-state index in [1.54, 1.807) is 43.5 Å². The summed E-state index contributed by atoms with van der Waals surface area (Å²) in [6.07, 6.45) is 0. The number of rotatable bonds is 4. The van der Waals surface area contributed by atoms with Crippen LogP contribution in [0.2, 0.25) is 5.02 Å². The molecule has 0 aliphatic carbocycles. The number of anilines is 3. The van der Waals surface area contributed by atoms with Gasteiger partial charge in [-0.15, -0.1) is 0 Å². The summed E-state index contributed by atoms with van der Waals surface area (Å²) in [6, 6.07) is 9.52. The molecule has 0 atom stereocenters. The number of nitrogens with two attached hydrogens (primary N) is 1. The number of ether oxygens (including phenoxy) is 2. The largest absolute Gasteiger partial charge is 0.493 e. The Balaban J connectivity index is 2.07. The van der Waals surface area contributed by atoms with Gasteiger partial charge < -0.3 is 25.8 Å². The number of carbonyl (C=O) groups excluding carboxylic acids is 1. The van der Waals surface area contributed by atoms with Gasteiger partial charge in [-0.1, -0.05) is 11.6 Å². The highest BCUT2D eigenvalue weighted by Crippen LogP contribution is 2.30.